The number of unbranched alkanes of at least 4 members (excludes halogenated alkanes) is 3. The van der Waals surface area contributed by atoms with Gasteiger partial charge in [0, 0.05) is 36.3 Å². The summed E-state index contributed by atoms with van der Waals surface area (Å²) in [6, 6.07) is 32.0. The molecule has 286 valence electrons. The van der Waals surface area contributed by atoms with E-state index in [0.717, 1.165) is 22.6 Å². The first-order valence-corrected chi connectivity index (χ1v) is 25.6. The first-order valence-electron chi connectivity index (χ1n) is 22.3. The van der Waals surface area contributed by atoms with Crippen LogP contribution in [0.4, 0.5) is 0 Å². The van der Waals surface area contributed by atoms with Crippen LogP contribution < -0.4 is 27.0 Å². The van der Waals surface area contributed by atoms with Crippen LogP contribution in [0.2, 0.25) is 0 Å². The molecule has 0 spiro atoms. The molecular weight excluding hydrogens is 756 g/mol. The van der Waals surface area contributed by atoms with Crippen LogP contribution in [0.5, 0.6) is 0 Å². The van der Waals surface area contributed by atoms with Gasteiger partial charge in [0.1, 0.15) is 0 Å². The second-order valence-corrected chi connectivity index (χ2v) is 23.1. The zero-order chi connectivity index (χ0) is 35.1. The van der Waals surface area contributed by atoms with Crippen molar-refractivity contribution < 1.29 is 20.4 Å². The van der Waals surface area contributed by atoms with E-state index in [4.69, 9.17) is 0 Å². The summed E-state index contributed by atoms with van der Waals surface area (Å²) in [5.74, 6) is 0. The molecule has 0 nitrogen and oxygen atoms in total. The van der Waals surface area contributed by atoms with E-state index in [2.05, 4.69) is 92.7 Å². The van der Waals surface area contributed by atoms with Crippen LogP contribution in [0.15, 0.2) is 78.9 Å². The van der Waals surface area contributed by atoms with E-state index < -0.39 is 15.8 Å². The number of rotatable bonds is 12. The minimum Gasteiger partial charge on any atom is -0.0683 e. The van der Waals surface area contributed by atoms with Crippen molar-refractivity contribution in [1.82, 2.24) is 0 Å². The number of hydrogen-bond acceptors (Lipinski definition) is 0. The summed E-state index contributed by atoms with van der Waals surface area (Å²) < 4.78 is 0. The van der Waals surface area contributed by atoms with Crippen LogP contribution in [0.25, 0.3) is 0 Å². The van der Waals surface area contributed by atoms with Crippen molar-refractivity contribution in [2.24, 2.45) is 0 Å². The van der Waals surface area contributed by atoms with E-state index in [1.54, 1.807) is 10.9 Å². The van der Waals surface area contributed by atoms with E-state index in [1.165, 1.54) is 160 Å². The van der Waals surface area contributed by atoms with Gasteiger partial charge in [0.05, 0.1) is 33.2 Å². The Kier molecular flexibility index (Phi) is 19.0. The Morgan fingerprint density at radius 3 is 1.06 bits per heavy atom. The zero-order valence-corrected chi connectivity index (χ0v) is 36.7. The Labute approximate surface area is 337 Å². The Morgan fingerprint density at radius 1 is 0.423 bits per heavy atom. The van der Waals surface area contributed by atoms with Crippen molar-refractivity contribution in [3.05, 3.63) is 78.9 Å². The zero-order valence-electron chi connectivity index (χ0n) is 33.2. The second kappa shape index (κ2) is 23.3. The van der Waals surface area contributed by atoms with Gasteiger partial charge in [-0.25, -0.2) is 0 Å². The molecule has 0 N–H and O–H groups in total. The van der Waals surface area contributed by atoms with Crippen molar-refractivity contribution in [3.8, 4) is 0 Å². The van der Waals surface area contributed by atoms with Gasteiger partial charge in [0.2, 0.25) is 0 Å². The van der Waals surface area contributed by atoms with Gasteiger partial charge < -0.3 is 0 Å². The Balaban J connectivity index is 0.000000690. The molecule has 3 aromatic carbocycles. The van der Waals surface area contributed by atoms with Crippen molar-refractivity contribution in [2.75, 3.05) is 0 Å². The van der Waals surface area contributed by atoms with Crippen LogP contribution in [0.1, 0.15) is 168 Å². The molecule has 0 heterocycles. The largest absolute Gasteiger partial charge is 0.251 e. The third-order valence-corrected chi connectivity index (χ3v) is 21.4. The maximum absolute atomic E-state index is 2.65. The summed E-state index contributed by atoms with van der Waals surface area (Å²) in [6.45, 7) is 4.82. The van der Waals surface area contributed by atoms with Gasteiger partial charge in [-0.2, -0.15) is 0 Å². The number of hydrogen-bond donors (Lipinski definition) is 0. The monoisotopic (exact) mass is 828 g/mol. The Morgan fingerprint density at radius 2 is 0.731 bits per heavy atom. The molecule has 0 aromatic heterocycles. The molecule has 4 aliphatic rings. The van der Waals surface area contributed by atoms with Gasteiger partial charge >= 0.3 is 0 Å². The topological polar surface area (TPSA) is 0 Å². The average Bonchev–Trinajstić information content (AvgIpc) is 3.21. The van der Waals surface area contributed by atoms with Crippen molar-refractivity contribution >= 4 is 49.6 Å². The second-order valence-electron chi connectivity index (χ2n) is 17.0. The maximum Gasteiger partial charge on any atom is 0.251 e. The summed E-state index contributed by atoms with van der Waals surface area (Å²) in [5, 5.41) is 3.66. The SMILES string of the molecule is CCCCCC.[Pd].c1ccc(B(c2ccccc2[PH+](C2CCCCC2)C2CCCCC2)c2ccccc2[PH+](C2CCCCC2)C2CCCCC2)cc1. The molecule has 0 amide bonds. The van der Waals surface area contributed by atoms with E-state index in [0.29, 0.717) is 6.71 Å². The predicted octanol–water partition coefficient (Wildman–Crippen LogP) is 11.8. The predicted molar refractivity (Wildman–Crippen MR) is 237 cm³/mol. The smallest absolute Gasteiger partial charge is 0.0683 e. The standard InChI is InChI=1S/C42H57BP2.C6H14.Pd/c1-6-20-34(21-7-1)43(39-30-16-18-32-41(39)44(35-22-8-2-9-23-35)36-24-10-3-11-25-36)40-31-17-19-33-42(40)45(37-26-12-4-13-27-37)38-28-14-5-15-29-38;1-3-5-6-4-2;/h1,6-7,16-21,30-33,35-38H,2-5,8-15,22-29H2;3-6H2,1-2H3;/p+2. The molecular formula is C48H73BP2Pd+2. The molecule has 0 saturated heterocycles. The van der Waals surface area contributed by atoms with Crippen LogP contribution in [-0.4, -0.2) is 29.3 Å². The molecule has 4 saturated carbocycles. The summed E-state index contributed by atoms with van der Waals surface area (Å²) in [4.78, 5) is 0. The quantitative estimate of drug-likeness (QED) is 0.0969. The van der Waals surface area contributed by atoms with E-state index in [-0.39, 0.29) is 20.4 Å². The van der Waals surface area contributed by atoms with Crippen molar-refractivity contribution in [3.63, 3.8) is 0 Å². The fraction of sp³-hybridized carbons (Fsp3) is 0.625. The minimum absolute atomic E-state index is 0. The molecule has 0 aliphatic heterocycles. The van der Waals surface area contributed by atoms with Crippen LogP contribution >= 0.6 is 15.8 Å². The normalized spacial score (nSPS) is 19.5. The minimum atomic E-state index is -0.676. The average molecular weight is 829 g/mol. The first-order chi connectivity index (χ1) is 25.3. The van der Waals surface area contributed by atoms with Crippen LogP contribution in [-0.2, 0) is 20.4 Å². The van der Waals surface area contributed by atoms with Gasteiger partial charge in [-0.15, -0.1) is 0 Å². The summed E-state index contributed by atoms with van der Waals surface area (Å²) in [6.07, 6.45) is 35.0. The fourth-order valence-corrected chi connectivity index (χ4v) is 19.8. The molecule has 0 atom stereocenters. The molecule has 0 radical (unpaired) electrons. The van der Waals surface area contributed by atoms with E-state index >= 15 is 0 Å². The van der Waals surface area contributed by atoms with Gasteiger partial charge in [-0.3, -0.25) is 0 Å². The van der Waals surface area contributed by atoms with Crippen LogP contribution in [0, 0.1) is 0 Å². The van der Waals surface area contributed by atoms with Gasteiger partial charge in [-0.1, -0.05) is 137 Å². The molecule has 0 unspecified atom stereocenters. The molecule has 7 rings (SSSR count). The summed E-state index contributed by atoms with van der Waals surface area (Å²) in [5.41, 5.74) is 8.75. The first kappa shape index (κ1) is 42.4. The molecule has 4 aliphatic carbocycles. The Hall–Kier alpha value is -0.753. The fourth-order valence-electron chi connectivity index (χ4n) is 10.9. The van der Waals surface area contributed by atoms with Crippen molar-refractivity contribution in [2.45, 2.75) is 191 Å². The third-order valence-electron chi connectivity index (χ3n) is 13.4. The van der Waals surface area contributed by atoms with Crippen molar-refractivity contribution in [1.29, 1.82) is 0 Å². The molecule has 0 bridgehead atoms. The number of benzene rings is 3. The third kappa shape index (κ3) is 11.4. The van der Waals surface area contributed by atoms with Gasteiger partial charge in [0.25, 0.3) is 6.71 Å². The van der Waals surface area contributed by atoms with Gasteiger partial charge in [-0.05, 0) is 126 Å². The summed E-state index contributed by atoms with van der Waals surface area (Å²) >= 11 is 0. The van der Waals surface area contributed by atoms with Gasteiger partial charge in [0.15, 0.2) is 0 Å². The van der Waals surface area contributed by atoms with E-state index in [9.17, 15) is 0 Å². The molecule has 52 heavy (non-hydrogen) atoms. The van der Waals surface area contributed by atoms with E-state index in [1.807, 2.05) is 10.6 Å². The molecule has 3 aromatic rings. The van der Waals surface area contributed by atoms with Crippen LogP contribution in [0.3, 0.4) is 0 Å². The summed E-state index contributed by atoms with van der Waals surface area (Å²) in [7, 11) is -1.35. The molecule has 4 heteroatoms. The molecule has 4 fully saturated rings. The Bertz CT molecular complexity index is 1260. The maximum atomic E-state index is 2.65.